The van der Waals surface area contributed by atoms with Crippen molar-refractivity contribution in [3.05, 3.63) is 71.8 Å². The maximum Gasteiger partial charge on any atom is 0.257 e. The van der Waals surface area contributed by atoms with E-state index < -0.39 is 11.7 Å². The Morgan fingerprint density at radius 2 is 2.06 bits per heavy atom. The van der Waals surface area contributed by atoms with Crippen LogP contribution in [0.25, 0.3) is 22.2 Å². The molecule has 8 nitrogen and oxygen atoms in total. The zero-order chi connectivity index (χ0) is 23.3. The van der Waals surface area contributed by atoms with Crippen molar-refractivity contribution >= 4 is 33.9 Å². The van der Waals surface area contributed by atoms with Crippen molar-refractivity contribution < 1.29 is 9.18 Å². The first-order chi connectivity index (χ1) is 15.8. The Hall–Kier alpha value is -4.01. The number of anilines is 1. The lowest BCUT2D eigenvalue weighted by atomic mass is 10.1. The van der Waals surface area contributed by atoms with Gasteiger partial charge in [-0.3, -0.25) is 9.20 Å². The number of aryl methyl sites for hydroxylation is 1. The highest BCUT2D eigenvalue weighted by Crippen LogP contribution is 2.26. The number of nitrogens with two attached hydrogens (primary N) is 1. The molecule has 9 heteroatoms. The number of halogens is 1. The molecule has 0 unspecified atom stereocenters. The number of rotatable bonds is 5. The molecule has 0 radical (unpaired) electrons. The van der Waals surface area contributed by atoms with Gasteiger partial charge in [-0.25, -0.2) is 19.3 Å². The number of imidazole rings is 2. The van der Waals surface area contributed by atoms with Gasteiger partial charge in [0.05, 0.1) is 34.5 Å². The molecule has 4 aromatic heterocycles. The standard InChI is InChI=1S/C24H24FN7O/c1-14(2)10-31(12-16-11-30-7-5-4-6-21(30)28-16)24(33)17-8-20-19(9-18(17)25)29-23(26)22-15(3)27-13-32(20)22/h4-9,11,13-14H,10,12H2,1-3H3,(H2,26,29). The highest BCUT2D eigenvalue weighted by atomic mass is 19.1. The third-order valence-corrected chi connectivity index (χ3v) is 5.63. The van der Waals surface area contributed by atoms with Crippen molar-refractivity contribution in [3.63, 3.8) is 0 Å². The average molecular weight is 446 g/mol. The third-order valence-electron chi connectivity index (χ3n) is 5.63. The van der Waals surface area contributed by atoms with E-state index in [1.807, 2.05) is 55.8 Å². The van der Waals surface area contributed by atoms with Crippen LogP contribution >= 0.6 is 0 Å². The van der Waals surface area contributed by atoms with Gasteiger partial charge < -0.3 is 15.0 Å². The first-order valence-corrected chi connectivity index (χ1v) is 10.8. The number of benzene rings is 1. The summed E-state index contributed by atoms with van der Waals surface area (Å²) in [4.78, 5) is 28.4. The maximum atomic E-state index is 15.1. The summed E-state index contributed by atoms with van der Waals surface area (Å²) >= 11 is 0. The van der Waals surface area contributed by atoms with E-state index in [1.54, 1.807) is 15.6 Å². The summed E-state index contributed by atoms with van der Waals surface area (Å²) in [5.41, 5.74) is 9.86. The second-order valence-electron chi connectivity index (χ2n) is 8.64. The number of fused-ring (bicyclic) bond motifs is 4. The van der Waals surface area contributed by atoms with Crippen LogP contribution in [0.5, 0.6) is 0 Å². The largest absolute Gasteiger partial charge is 0.382 e. The fourth-order valence-corrected chi connectivity index (χ4v) is 4.20. The van der Waals surface area contributed by atoms with Gasteiger partial charge in [0.25, 0.3) is 5.91 Å². The Kier molecular flexibility index (Phi) is 4.96. The van der Waals surface area contributed by atoms with E-state index >= 15 is 4.39 Å². The average Bonchev–Trinajstić information content (AvgIpc) is 3.35. The topological polar surface area (TPSA) is 93.8 Å². The van der Waals surface area contributed by atoms with Crippen LogP contribution in [0.1, 0.15) is 35.6 Å². The first-order valence-electron chi connectivity index (χ1n) is 10.8. The van der Waals surface area contributed by atoms with E-state index in [-0.39, 0.29) is 23.8 Å². The lowest BCUT2D eigenvalue weighted by molar-refractivity contribution is 0.0716. The smallest absolute Gasteiger partial charge is 0.257 e. The van der Waals surface area contributed by atoms with Gasteiger partial charge in [0, 0.05) is 25.0 Å². The van der Waals surface area contributed by atoms with Gasteiger partial charge in [-0.1, -0.05) is 19.9 Å². The van der Waals surface area contributed by atoms with E-state index in [9.17, 15) is 4.79 Å². The second-order valence-corrected chi connectivity index (χ2v) is 8.64. The first kappa shape index (κ1) is 20.9. The lowest BCUT2D eigenvalue weighted by Gasteiger charge is -2.24. The molecular formula is C24H24FN7O. The number of aromatic nitrogens is 5. The minimum atomic E-state index is -0.639. The minimum Gasteiger partial charge on any atom is -0.382 e. The Bertz CT molecular complexity index is 1490. The molecule has 33 heavy (non-hydrogen) atoms. The van der Waals surface area contributed by atoms with Crippen LogP contribution in [0.4, 0.5) is 10.2 Å². The van der Waals surface area contributed by atoms with E-state index in [2.05, 4.69) is 15.0 Å². The number of pyridine rings is 1. The molecule has 4 heterocycles. The summed E-state index contributed by atoms with van der Waals surface area (Å²) in [7, 11) is 0. The van der Waals surface area contributed by atoms with Crippen molar-refractivity contribution in [2.45, 2.75) is 27.3 Å². The van der Waals surface area contributed by atoms with Gasteiger partial charge in [-0.15, -0.1) is 0 Å². The molecule has 0 aliphatic rings. The Morgan fingerprint density at radius 1 is 1.24 bits per heavy atom. The van der Waals surface area contributed by atoms with E-state index in [4.69, 9.17) is 5.73 Å². The summed E-state index contributed by atoms with van der Waals surface area (Å²) < 4.78 is 18.8. The number of hydrogen-bond donors (Lipinski definition) is 1. The van der Waals surface area contributed by atoms with E-state index in [0.717, 1.165) is 11.3 Å². The molecule has 0 saturated heterocycles. The molecule has 5 rings (SSSR count). The number of hydrogen-bond acceptors (Lipinski definition) is 5. The minimum absolute atomic E-state index is 0.0221. The monoisotopic (exact) mass is 445 g/mol. The maximum absolute atomic E-state index is 15.1. The number of nitrogen functional groups attached to an aromatic ring is 1. The van der Waals surface area contributed by atoms with Crippen LogP contribution < -0.4 is 5.73 Å². The van der Waals surface area contributed by atoms with Gasteiger partial charge in [-0.2, -0.15) is 0 Å². The van der Waals surface area contributed by atoms with Crippen LogP contribution in [0.3, 0.4) is 0 Å². The number of carbonyl (C=O) groups is 1. The summed E-state index contributed by atoms with van der Waals surface area (Å²) in [5.74, 6) is -0.579. The molecule has 0 fully saturated rings. The summed E-state index contributed by atoms with van der Waals surface area (Å²) in [6.07, 6.45) is 5.40. The zero-order valence-corrected chi connectivity index (χ0v) is 18.7. The Balaban J connectivity index is 1.58. The molecule has 168 valence electrons. The second kappa shape index (κ2) is 7.84. The third kappa shape index (κ3) is 3.65. The highest BCUT2D eigenvalue weighted by molar-refractivity contribution is 5.98. The van der Waals surface area contributed by atoms with Gasteiger partial charge in [0.2, 0.25) is 0 Å². The van der Waals surface area contributed by atoms with Crippen LogP contribution in [0.2, 0.25) is 0 Å². The quantitative estimate of drug-likeness (QED) is 0.443. The number of nitrogens with zero attached hydrogens (tertiary/aromatic N) is 6. The molecule has 0 aliphatic heterocycles. The predicted molar refractivity (Wildman–Crippen MR) is 124 cm³/mol. The molecule has 0 spiro atoms. The van der Waals surface area contributed by atoms with Crippen LogP contribution in [0.15, 0.2) is 49.1 Å². The van der Waals surface area contributed by atoms with Crippen molar-refractivity contribution in [2.24, 2.45) is 5.92 Å². The number of amides is 1. The number of carbonyl (C=O) groups excluding carboxylic acids is 1. The Labute approximate surface area is 189 Å². The summed E-state index contributed by atoms with van der Waals surface area (Å²) in [6.45, 7) is 6.60. The van der Waals surface area contributed by atoms with Crippen molar-refractivity contribution in [1.82, 2.24) is 28.7 Å². The molecule has 0 saturated carbocycles. The van der Waals surface area contributed by atoms with Gasteiger partial charge in [-0.05, 0) is 31.0 Å². The van der Waals surface area contributed by atoms with Crippen molar-refractivity contribution in [1.29, 1.82) is 0 Å². The molecule has 1 aromatic carbocycles. The zero-order valence-electron chi connectivity index (χ0n) is 18.7. The van der Waals surface area contributed by atoms with Crippen LogP contribution in [-0.2, 0) is 6.54 Å². The van der Waals surface area contributed by atoms with E-state index in [1.165, 1.54) is 12.1 Å². The summed E-state index contributed by atoms with van der Waals surface area (Å²) in [6, 6.07) is 8.52. The molecule has 1 amide bonds. The molecule has 2 N–H and O–H groups in total. The van der Waals surface area contributed by atoms with Crippen LogP contribution in [-0.4, -0.2) is 41.1 Å². The van der Waals surface area contributed by atoms with Crippen LogP contribution in [0, 0.1) is 18.7 Å². The molecule has 0 atom stereocenters. The molecule has 5 aromatic rings. The highest BCUT2D eigenvalue weighted by Gasteiger charge is 2.23. The van der Waals surface area contributed by atoms with Crippen molar-refractivity contribution in [3.8, 4) is 0 Å². The lowest BCUT2D eigenvalue weighted by Crippen LogP contribution is -2.34. The van der Waals surface area contributed by atoms with E-state index in [0.29, 0.717) is 28.8 Å². The van der Waals surface area contributed by atoms with Gasteiger partial charge in [0.1, 0.15) is 29.1 Å². The summed E-state index contributed by atoms with van der Waals surface area (Å²) in [5, 5.41) is 0. The normalized spacial score (nSPS) is 11.8. The predicted octanol–water partition coefficient (Wildman–Crippen LogP) is 3.86. The molecule has 0 bridgehead atoms. The van der Waals surface area contributed by atoms with Gasteiger partial charge in [0.15, 0.2) is 0 Å². The fraction of sp³-hybridized carbons (Fsp3) is 0.250. The molecular weight excluding hydrogens is 421 g/mol. The Morgan fingerprint density at radius 3 is 2.82 bits per heavy atom. The SMILES string of the molecule is Cc1ncn2c1c(N)nc1cc(F)c(C(=O)N(Cc3cn4ccccc4n3)CC(C)C)cc12. The molecule has 0 aliphatic carbocycles. The van der Waals surface area contributed by atoms with Gasteiger partial charge >= 0.3 is 0 Å². The fourth-order valence-electron chi connectivity index (χ4n) is 4.20. The van der Waals surface area contributed by atoms with Crippen molar-refractivity contribution in [2.75, 3.05) is 12.3 Å².